The fourth-order valence-corrected chi connectivity index (χ4v) is 4.82. The fraction of sp³-hybridized carbons (Fsp3) is 0.333. The zero-order valence-electron chi connectivity index (χ0n) is 18.8. The number of fused-ring (bicyclic) bond motifs is 1. The SMILES string of the molecule is O=C(NC1CCNCC1C(=O)N(Cc1cccc2ccccc12)C1CC1)c1cccc(F)c1F. The van der Waals surface area contributed by atoms with Gasteiger partial charge >= 0.3 is 0 Å². The lowest BCUT2D eigenvalue weighted by Gasteiger charge is -2.36. The van der Waals surface area contributed by atoms with Crippen LogP contribution in [-0.2, 0) is 11.3 Å². The van der Waals surface area contributed by atoms with E-state index in [0.29, 0.717) is 26.1 Å². The molecular formula is C27H27F2N3O2. The quantitative estimate of drug-likeness (QED) is 0.581. The molecule has 3 aromatic rings. The van der Waals surface area contributed by atoms with Gasteiger partial charge in [-0.3, -0.25) is 9.59 Å². The average molecular weight is 464 g/mol. The minimum atomic E-state index is -1.17. The molecule has 1 heterocycles. The van der Waals surface area contributed by atoms with Crippen molar-refractivity contribution in [3.05, 3.63) is 83.4 Å². The first kappa shape index (κ1) is 22.5. The number of benzene rings is 3. The summed E-state index contributed by atoms with van der Waals surface area (Å²) in [6.07, 6.45) is 2.45. The predicted molar refractivity (Wildman–Crippen MR) is 126 cm³/mol. The second-order valence-electron chi connectivity index (χ2n) is 9.12. The Morgan fingerprint density at radius 2 is 1.74 bits per heavy atom. The molecular weight excluding hydrogens is 436 g/mol. The van der Waals surface area contributed by atoms with E-state index < -0.39 is 29.5 Å². The molecule has 1 saturated heterocycles. The zero-order chi connectivity index (χ0) is 23.7. The highest BCUT2D eigenvalue weighted by molar-refractivity contribution is 5.95. The van der Waals surface area contributed by atoms with Crippen LogP contribution < -0.4 is 10.6 Å². The van der Waals surface area contributed by atoms with Gasteiger partial charge in [0.2, 0.25) is 5.91 Å². The fourth-order valence-electron chi connectivity index (χ4n) is 4.82. The highest BCUT2D eigenvalue weighted by Gasteiger charge is 2.40. The Hall–Kier alpha value is -3.32. The summed E-state index contributed by atoms with van der Waals surface area (Å²) in [4.78, 5) is 28.4. The summed E-state index contributed by atoms with van der Waals surface area (Å²) in [7, 11) is 0. The Morgan fingerprint density at radius 3 is 2.56 bits per heavy atom. The monoisotopic (exact) mass is 463 g/mol. The van der Waals surface area contributed by atoms with Gasteiger partial charge in [-0.1, -0.05) is 48.5 Å². The summed E-state index contributed by atoms with van der Waals surface area (Å²) in [6, 6.07) is 17.5. The number of rotatable bonds is 6. The molecule has 0 aromatic heterocycles. The van der Waals surface area contributed by atoms with Crippen molar-refractivity contribution in [3.63, 3.8) is 0 Å². The van der Waals surface area contributed by atoms with Crippen molar-refractivity contribution in [2.75, 3.05) is 13.1 Å². The molecule has 2 amide bonds. The van der Waals surface area contributed by atoms with Crippen molar-refractivity contribution in [1.29, 1.82) is 0 Å². The lowest BCUT2D eigenvalue weighted by atomic mass is 9.91. The van der Waals surface area contributed by atoms with Gasteiger partial charge in [-0.2, -0.15) is 0 Å². The molecule has 2 aliphatic rings. The van der Waals surface area contributed by atoms with Crippen LogP contribution in [0.1, 0.15) is 35.2 Å². The van der Waals surface area contributed by atoms with Gasteiger partial charge in [-0.05, 0) is 54.3 Å². The van der Waals surface area contributed by atoms with E-state index in [1.807, 2.05) is 23.1 Å². The first-order chi connectivity index (χ1) is 16.5. The highest BCUT2D eigenvalue weighted by atomic mass is 19.2. The smallest absolute Gasteiger partial charge is 0.254 e. The predicted octanol–water partition coefficient (Wildman–Crippen LogP) is 4.02. The maximum Gasteiger partial charge on any atom is 0.254 e. The number of amides is 2. The molecule has 2 atom stereocenters. The van der Waals surface area contributed by atoms with Crippen LogP contribution in [0.25, 0.3) is 10.8 Å². The number of carbonyl (C=O) groups is 2. The van der Waals surface area contributed by atoms with Gasteiger partial charge < -0.3 is 15.5 Å². The van der Waals surface area contributed by atoms with Crippen LogP contribution in [0, 0.1) is 17.6 Å². The van der Waals surface area contributed by atoms with Gasteiger partial charge in [0.05, 0.1) is 11.5 Å². The zero-order valence-corrected chi connectivity index (χ0v) is 18.8. The van der Waals surface area contributed by atoms with E-state index in [-0.39, 0.29) is 17.5 Å². The Labute approximate surface area is 197 Å². The van der Waals surface area contributed by atoms with Gasteiger partial charge in [-0.15, -0.1) is 0 Å². The first-order valence-corrected chi connectivity index (χ1v) is 11.8. The number of hydrogen-bond donors (Lipinski definition) is 2. The van der Waals surface area contributed by atoms with Crippen molar-refractivity contribution in [2.45, 2.75) is 37.9 Å². The largest absolute Gasteiger partial charge is 0.348 e. The van der Waals surface area contributed by atoms with Crippen LogP contribution in [0.5, 0.6) is 0 Å². The summed E-state index contributed by atoms with van der Waals surface area (Å²) in [5, 5.41) is 8.31. The van der Waals surface area contributed by atoms with E-state index in [4.69, 9.17) is 0 Å². The van der Waals surface area contributed by atoms with E-state index in [1.165, 1.54) is 12.1 Å². The third-order valence-corrected chi connectivity index (χ3v) is 6.80. The molecule has 1 aliphatic heterocycles. The van der Waals surface area contributed by atoms with Crippen LogP contribution in [-0.4, -0.2) is 41.9 Å². The molecule has 2 fully saturated rings. The second kappa shape index (κ2) is 9.50. The van der Waals surface area contributed by atoms with Gasteiger partial charge in [0, 0.05) is 25.2 Å². The van der Waals surface area contributed by atoms with E-state index in [2.05, 4.69) is 34.9 Å². The van der Waals surface area contributed by atoms with E-state index >= 15 is 0 Å². The van der Waals surface area contributed by atoms with Crippen LogP contribution in [0.3, 0.4) is 0 Å². The number of nitrogens with one attached hydrogen (secondary N) is 2. The molecule has 1 aliphatic carbocycles. The first-order valence-electron chi connectivity index (χ1n) is 11.8. The summed E-state index contributed by atoms with van der Waals surface area (Å²) in [5.74, 6) is -3.45. The molecule has 5 nitrogen and oxygen atoms in total. The van der Waals surface area contributed by atoms with Crippen molar-refractivity contribution < 1.29 is 18.4 Å². The van der Waals surface area contributed by atoms with Crippen molar-refractivity contribution in [3.8, 4) is 0 Å². The summed E-state index contributed by atoms with van der Waals surface area (Å²) in [5.41, 5.74) is 0.740. The Bertz CT molecular complexity index is 1220. The molecule has 7 heteroatoms. The second-order valence-corrected chi connectivity index (χ2v) is 9.12. The van der Waals surface area contributed by atoms with Gasteiger partial charge in [-0.25, -0.2) is 8.78 Å². The van der Waals surface area contributed by atoms with Crippen molar-refractivity contribution >= 4 is 22.6 Å². The molecule has 2 unspecified atom stereocenters. The number of halogens is 2. The van der Waals surface area contributed by atoms with Crippen LogP contribution in [0.2, 0.25) is 0 Å². The van der Waals surface area contributed by atoms with Gasteiger partial charge in [0.25, 0.3) is 5.91 Å². The molecule has 5 rings (SSSR count). The Kier molecular flexibility index (Phi) is 6.28. The number of carbonyl (C=O) groups excluding carboxylic acids is 2. The lowest BCUT2D eigenvalue weighted by molar-refractivity contribution is -0.138. The molecule has 0 radical (unpaired) electrons. The maximum atomic E-state index is 14.2. The summed E-state index contributed by atoms with van der Waals surface area (Å²) in [6.45, 7) is 1.56. The summed E-state index contributed by atoms with van der Waals surface area (Å²) < 4.78 is 27.8. The van der Waals surface area contributed by atoms with E-state index in [1.54, 1.807) is 0 Å². The molecule has 176 valence electrons. The third-order valence-electron chi connectivity index (χ3n) is 6.80. The lowest BCUT2D eigenvalue weighted by Crippen LogP contribution is -2.55. The van der Waals surface area contributed by atoms with E-state index in [9.17, 15) is 18.4 Å². The minimum absolute atomic E-state index is 0.0207. The van der Waals surface area contributed by atoms with Crippen LogP contribution >= 0.6 is 0 Å². The van der Waals surface area contributed by atoms with Gasteiger partial charge in [0.15, 0.2) is 11.6 Å². The third kappa shape index (κ3) is 4.53. The van der Waals surface area contributed by atoms with E-state index in [0.717, 1.165) is 35.2 Å². The molecule has 2 N–H and O–H groups in total. The van der Waals surface area contributed by atoms with Crippen molar-refractivity contribution in [2.24, 2.45) is 5.92 Å². The van der Waals surface area contributed by atoms with Crippen LogP contribution in [0.15, 0.2) is 60.7 Å². The number of piperidine rings is 1. The standard InChI is InChI=1S/C27H27F2N3O2/c28-23-10-4-9-21(25(23)29)26(33)31-24-13-14-30-15-22(24)27(34)32(19-11-12-19)16-18-7-3-6-17-5-1-2-8-20(17)18/h1-10,19,22,24,30H,11-16H2,(H,31,33). The average Bonchev–Trinajstić information content (AvgIpc) is 3.69. The minimum Gasteiger partial charge on any atom is -0.348 e. The number of nitrogens with zero attached hydrogens (tertiary/aromatic N) is 1. The normalized spacial score (nSPS) is 20.2. The summed E-state index contributed by atoms with van der Waals surface area (Å²) >= 11 is 0. The maximum absolute atomic E-state index is 14.2. The number of hydrogen-bond acceptors (Lipinski definition) is 3. The molecule has 0 bridgehead atoms. The van der Waals surface area contributed by atoms with Gasteiger partial charge in [0.1, 0.15) is 0 Å². The molecule has 0 spiro atoms. The topological polar surface area (TPSA) is 61.4 Å². The van der Waals surface area contributed by atoms with Crippen LogP contribution in [0.4, 0.5) is 8.78 Å². The van der Waals surface area contributed by atoms with Crippen molar-refractivity contribution in [1.82, 2.24) is 15.5 Å². The Morgan fingerprint density at radius 1 is 0.971 bits per heavy atom. The molecule has 34 heavy (non-hydrogen) atoms. The highest BCUT2D eigenvalue weighted by Crippen LogP contribution is 2.32. The Balaban J connectivity index is 1.37. The molecule has 3 aromatic carbocycles. The molecule has 1 saturated carbocycles.